The quantitative estimate of drug-likeness (QED) is 0.456. The first-order valence-electron chi connectivity index (χ1n) is 11.4. The molecule has 4 aromatic rings. The van der Waals surface area contributed by atoms with Gasteiger partial charge >= 0.3 is 0 Å². The molecule has 0 N–H and O–H groups in total. The summed E-state index contributed by atoms with van der Waals surface area (Å²) in [6.45, 7) is 3.72. The smallest absolute Gasteiger partial charge is 0.160 e. The van der Waals surface area contributed by atoms with Crippen molar-refractivity contribution in [2.24, 2.45) is 12.5 Å². The van der Waals surface area contributed by atoms with Gasteiger partial charge in [-0.05, 0) is 55.8 Å². The Balaban J connectivity index is 1.14. The van der Waals surface area contributed by atoms with Gasteiger partial charge in [0, 0.05) is 49.2 Å². The number of anilines is 1. The van der Waals surface area contributed by atoms with E-state index in [0.717, 1.165) is 72.5 Å². The van der Waals surface area contributed by atoms with Crippen molar-refractivity contribution in [3.63, 3.8) is 0 Å². The van der Waals surface area contributed by atoms with E-state index in [-0.39, 0.29) is 0 Å². The highest BCUT2D eigenvalue weighted by Crippen LogP contribution is 2.57. The van der Waals surface area contributed by atoms with Crippen LogP contribution in [-0.4, -0.2) is 54.6 Å². The van der Waals surface area contributed by atoms with E-state index in [0.29, 0.717) is 11.3 Å². The van der Waals surface area contributed by atoms with E-state index in [1.807, 2.05) is 30.1 Å². The van der Waals surface area contributed by atoms with Gasteiger partial charge in [0.2, 0.25) is 0 Å². The zero-order valence-corrected chi connectivity index (χ0v) is 19.5. The van der Waals surface area contributed by atoms with Crippen LogP contribution in [0, 0.1) is 5.41 Å². The first kappa shape index (κ1) is 19.5. The third kappa shape index (κ3) is 2.87. The number of benzene rings is 1. The molecule has 1 saturated carbocycles. The lowest BCUT2D eigenvalue weighted by atomic mass is 9.57. The molecule has 0 amide bonds. The molecule has 1 saturated heterocycles. The van der Waals surface area contributed by atoms with Gasteiger partial charge in [-0.2, -0.15) is 5.10 Å². The summed E-state index contributed by atoms with van der Waals surface area (Å²) in [5.74, 6) is 3.60. The fourth-order valence-electron chi connectivity index (χ4n) is 6.09. The van der Waals surface area contributed by atoms with E-state index in [4.69, 9.17) is 16.7 Å². The van der Waals surface area contributed by atoms with Crippen LogP contribution >= 0.6 is 11.6 Å². The maximum Gasteiger partial charge on any atom is 0.160 e. The Labute approximate surface area is 196 Å². The molecule has 2 fully saturated rings. The van der Waals surface area contributed by atoms with Gasteiger partial charge in [-0.3, -0.25) is 9.47 Å². The Kier molecular flexibility index (Phi) is 4.00. The van der Waals surface area contributed by atoms with Gasteiger partial charge in [-0.15, -0.1) is 10.2 Å². The highest BCUT2D eigenvalue weighted by molar-refractivity contribution is 6.30. The normalized spacial score (nSPS) is 19.8. The Morgan fingerprint density at radius 1 is 1.06 bits per heavy atom. The zero-order valence-electron chi connectivity index (χ0n) is 18.7. The molecule has 0 radical (unpaired) electrons. The Morgan fingerprint density at radius 3 is 2.76 bits per heavy atom. The minimum atomic E-state index is 0.355. The molecule has 168 valence electrons. The molecule has 5 heterocycles. The number of hydrogen-bond donors (Lipinski definition) is 0. The molecule has 0 bridgehead atoms. The first-order valence-corrected chi connectivity index (χ1v) is 11.8. The van der Waals surface area contributed by atoms with Gasteiger partial charge in [-0.25, -0.2) is 9.67 Å². The molecule has 2 aliphatic heterocycles. The fourth-order valence-corrected chi connectivity index (χ4v) is 6.29. The van der Waals surface area contributed by atoms with E-state index in [2.05, 4.69) is 54.8 Å². The molecular formula is C24H25ClN8. The van der Waals surface area contributed by atoms with Crippen LogP contribution in [-0.2, 0) is 20.1 Å². The van der Waals surface area contributed by atoms with Crippen LogP contribution in [0.15, 0.2) is 36.5 Å². The number of aryl methyl sites for hydroxylation is 1. The predicted octanol–water partition coefficient (Wildman–Crippen LogP) is 3.53. The van der Waals surface area contributed by atoms with Gasteiger partial charge in [0.05, 0.1) is 17.6 Å². The standard InChI is InChI=1S/C24H25ClN8/c1-30-11-15-8-17(25)5-6-19(15)33-20(12-30)27-28-21(33)16-9-24(10-16)13-32(14-24)23-18-4-3-7-26-22(18)31(2)29-23/h3-8,16H,9-14H2,1-2H3. The number of nitrogens with zero attached hydrogens (tertiary/aromatic N) is 8. The molecule has 1 spiro atoms. The van der Waals surface area contributed by atoms with Crippen LogP contribution in [0.3, 0.4) is 0 Å². The van der Waals surface area contributed by atoms with Crippen molar-refractivity contribution in [2.45, 2.75) is 31.8 Å². The number of fused-ring (bicyclic) bond motifs is 4. The van der Waals surface area contributed by atoms with Crippen LogP contribution in [0.1, 0.15) is 36.0 Å². The molecule has 0 atom stereocenters. The second kappa shape index (κ2) is 6.77. The topological polar surface area (TPSA) is 67.9 Å². The van der Waals surface area contributed by atoms with Gasteiger partial charge in [0.15, 0.2) is 17.3 Å². The number of halogens is 1. The summed E-state index contributed by atoms with van der Waals surface area (Å²) < 4.78 is 4.17. The Bertz CT molecular complexity index is 1390. The zero-order chi connectivity index (χ0) is 22.3. The van der Waals surface area contributed by atoms with Gasteiger partial charge in [-0.1, -0.05) is 11.6 Å². The molecule has 9 heteroatoms. The van der Waals surface area contributed by atoms with Crippen molar-refractivity contribution in [1.82, 2.24) is 34.4 Å². The molecular weight excluding hydrogens is 436 g/mol. The Morgan fingerprint density at radius 2 is 1.91 bits per heavy atom. The monoisotopic (exact) mass is 460 g/mol. The van der Waals surface area contributed by atoms with Crippen LogP contribution in [0.4, 0.5) is 5.82 Å². The second-order valence-corrected chi connectivity index (χ2v) is 10.5. The lowest BCUT2D eigenvalue weighted by Gasteiger charge is -2.59. The average molecular weight is 461 g/mol. The minimum absolute atomic E-state index is 0.355. The van der Waals surface area contributed by atoms with Gasteiger partial charge < -0.3 is 4.90 Å². The maximum absolute atomic E-state index is 6.31. The van der Waals surface area contributed by atoms with Crippen LogP contribution < -0.4 is 4.90 Å². The largest absolute Gasteiger partial charge is 0.353 e. The summed E-state index contributed by atoms with van der Waals surface area (Å²) in [5.41, 5.74) is 3.69. The molecule has 7 rings (SSSR count). The summed E-state index contributed by atoms with van der Waals surface area (Å²) >= 11 is 6.31. The second-order valence-electron chi connectivity index (χ2n) is 10.0. The van der Waals surface area contributed by atoms with Crippen LogP contribution in [0.5, 0.6) is 0 Å². The third-order valence-electron chi connectivity index (χ3n) is 7.54. The summed E-state index contributed by atoms with van der Waals surface area (Å²) in [4.78, 5) is 9.15. The molecule has 33 heavy (non-hydrogen) atoms. The summed E-state index contributed by atoms with van der Waals surface area (Å²) in [7, 11) is 4.08. The van der Waals surface area contributed by atoms with Crippen molar-refractivity contribution in [1.29, 1.82) is 0 Å². The number of pyridine rings is 1. The van der Waals surface area contributed by atoms with E-state index < -0.39 is 0 Å². The van der Waals surface area contributed by atoms with Crippen molar-refractivity contribution in [3.8, 4) is 5.69 Å². The van der Waals surface area contributed by atoms with Crippen molar-refractivity contribution >= 4 is 28.5 Å². The molecule has 8 nitrogen and oxygen atoms in total. The predicted molar refractivity (Wildman–Crippen MR) is 127 cm³/mol. The SMILES string of the molecule is CN1Cc2cc(Cl)ccc2-n2c(nnc2C2CC3(C2)CN(c2nn(C)c4ncccc24)C3)C1. The van der Waals surface area contributed by atoms with Crippen molar-refractivity contribution in [2.75, 3.05) is 25.0 Å². The lowest BCUT2D eigenvalue weighted by Crippen LogP contribution is -2.62. The van der Waals surface area contributed by atoms with Crippen molar-refractivity contribution < 1.29 is 0 Å². The number of hydrogen-bond acceptors (Lipinski definition) is 6. The summed E-state index contributed by atoms with van der Waals surface area (Å²) in [6, 6.07) is 10.3. The van der Waals surface area contributed by atoms with Crippen LogP contribution in [0.2, 0.25) is 5.02 Å². The maximum atomic E-state index is 6.31. The molecule has 3 aliphatic rings. The number of aromatic nitrogens is 6. The fraction of sp³-hybridized carbons (Fsp3) is 0.417. The lowest BCUT2D eigenvalue weighted by molar-refractivity contribution is 0.0583. The summed E-state index contributed by atoms with van der Waals surface area (Å²) in [6.07, 6.45) is 4.11. The average Bonchev–Trinajstić information content (AvgIpc) is 3.24. The molecule has 0 unspecified atom stereocenters. The van der Waals surface area contributed by atoms with E-state index in [1.54, 1.807) is 0 Å². The van der Waals surface area contributed by atoms with E-state index >= 15 is 0 Å². The molecule has 3 aromatic heterocycles. The highest BCUT2D eigenvalue weighted by atomic mass is 35.5. The number of rotatable bonds is 2. The van der Waals surface area contributed by atoms with Crippen LogP contribution in [0.25, 0.3) is 16.7 Å². The van der Waals surface area contributed by atoms with E-state index in [1.165, 1.54) is 11.3 Å². The van der Waals surface area contributed by atoms with Gasteiger partial charge in [0.25, 0.3) is 0 Å². The van der Waals surface area contributed by atoms with Gasteiger partial charge in [0.1, 0.15) is 5.82 Å². The molecule has 1 aromatic carbocycles. The Hall–Kier alpha value is -2.97. The van der Waals surface area contributed by atoms with E-state index in [9.17, 15) is 0 Å². The third-order valence-corrected chi connectivity index (χ3v) is 7.78. The molecule has 1 aliphatic carbocycles. The highest BCUT2D eigenvalue weighted by Gasteiger charge is 2.54. The van der Waals surface area contributed by atoms with Crippen molar-refractivity contribution in [3.05, 3.63) is 58.8 Å². The first-order chi connectivity index (χ1) is 16.0. The summed E-state index contributed by atoms with van der Waals surface area (Å²) in [5, 5.41) is 15.9. The minimum Gasteiger partial charge on any atom is -0.353 e.